The van der Waals surface area contributed by atoms with E-state index in [-0.39, 0.29) is 16.8 Å². The number of fused-ring (bicyclic) bond motifs is 1. The third-order valence-electron chi connectivity index (χ3n) is 5.35. The first-order valence-electron chi connectivity index (χ1n) is 10.2. The van der Waals surface area contributed by atoms with Crippen LogP contribution in [0.4, 0.5) is 0 Å². The maximum absolute atomic E-state index is 13.3. The molecule has 0 radical (unpaired) electrons. The van der Waals surface area contributed by atoms with Gasteiger partial charge in [0.05, 0.1) is 10.9 Å². The van der Waals surface area contributed by atoms with Gasteiger partial charge in [0.1, 0.15) is 11.3 Å². The van der Waals surface area contributed by atoms with Crippen LogP contribution < -0.4 is 0 Å². The first kappa shape index (κ1) is 22.1. The molecule has 0 aliphatic carbocycles. The summed E-state index contributed by atoms with van der Waals surface area (Å²) in [7, 11) is -3.64. The van der Waals surface area contributed by atoms with Gasteiger partial charge in [0.2, 0.25) is 10.0 Å². The third-order valence-corrected chi connectivity index (χ3v) is 7.40. The van der Waals surface area contributed by atoms with Crippen LogP contribution in [0.3, 0.4) is 0 Å². The molecule has 6 nitrogen and oxygen atoms in total. The lowest BCUT2D eigenvalue weighted by atomic mass is 10.1. The van der Waals surface area contributed by atoms with Crippen LogP contribution in [0.15, 0.2) is 63.9 Å². The van der Waals surface area contributed by atoms with Gasteiger partial charge in [0.25, 0.3) is 5.91 Å². The quantitative estimate of drug-likeness (QED) is 0.522. The van der Waals surface area contributed by atoms with Crippen molar-refractivity contribution in [3.8, 4) is 0 Å². The van der Waals surface area contributed by atoms with Crippen LogP contribution in [0.5, 0.6) is 0 Å². The highest BCUT2D eigenvalue weighted by atomic mass is 32.2. The predicted molar refractivity (Wildman–Crippen MR) is 118 cm³/mol. The Hall–Kier alpha value is -2.64. The molecule has 0 aliphatic heterocycles. The maximum atomic E-state index is 13.3. The topological polar surface area (TPSA) is 70.8 Å². The Balaban J connectivity index is 1.92. The number of carbonyl (C=O) groups is 1. The van der Waals surface area contributed by atoms with Crippen molar-refractivity contribution in [1.29, 1.82) is 0 Å². The van der Waals surface area contributed by atoms with Crippen LogP contribution in [-0.4, -0.2) is 43.2 Å². The molecule has 1 aromatic heterocycles. The standard InChI is InChI=1S/C23H28N2O4S/c1-5-24(6-2)30(27,28)20-13-10-12-19(15-20)23(26)25(7-3)17(4)22-16-18-11-8-9-14-21(18)29-22/h8-17H,5-7H2,1-4H3. The highest BCUT2D eigenvalue weighted by Crippen LogP contribution is 2.28. The number of rotatable bonds is 8. The van der Waals surface area contributed by atoms with Crippen LogP contribution in [0.2, 0.25) is 0 Å². The monoisotopic (exact) mass is 428 g/mol. The second kappa shape index (κ2) is 9.02. The van der Waals surface area contributed by atoms with Crippen molar-refractivity contribution in [3.63, 3.8) is 0 Å². The lowest BCUT2D eigenvalue weighted by Crippen LogP contribution is -2.34. The predicted octanol–water partition coefficient (Wildman–Crippen LogP) is 4.69. The van der Waals surface area contributed by atoms with Gasteiger partial charge in [-0.1, -0.05) is 38.1 Å². The number of sulfonamides is 1. The average molecular weight is 429 g/mol. The second-order valence-corrected chi connectivity index (χ2v) is 9.01. The Kier molecular flexibility index (Phi) is 6.63. The van der Waals surface area contributed by atoms with E-state index in [0.29, 0.717) is 31.0 Å². The smallest absolute Gasteiger partial charge is 0.254 e. The molecular formula is C23H28N2O4S. The minimum absolute atomic E-state index is 0.129. The Morgan fingerprint density at radius 3 is 2.30 bits per heavy atom. The van der Waals surface area contributed by atoms with Crippen molar-refractivity contribution in [2.75, 3.05) is 19.6 Å². The van der Waals surface area contributed by atoms with Gasteiger partial charge in [-0.15, -0.1) is 0 Å². The van der Waals surface area contributed by atoms with Crippen LogP contribution in [0.1, 0.15) is 49.9 Å². The van der Waals surface area contributed by atoms with E-state index in [1.165, 1.54) is 16.4 Å². The molecule has 2 aromatic carbocycles. The molecular weight excluding hydrogens is 400 g/mol. The second-order valence-electron chi connectivity index (χ2n) is 7.07. The van der Waals surface area contributed by atoms with E-state index in [9.17, 15) is 13.2 Å². The molecule has 0 fully saturated rings. The summed E-state index contributed by atoms with van der Waals surface area (Å²) in [5.74, 6) is 0.459. The minimum Gasteiger partial charge on any atom is -0.459 e. The summed E-state index contributed by atoms with van der Waals surface area (Å²) >= 11 is 0. The zero-order chi connectivity index (χ0) is 21.9. The van der Waals surface area contributed by atoms with Gasteiger partial charge >= 0.3 is 0 Å². The number of hydrogen-bond acceptors (Lipinski definition) is 4. The minimum atomic E-state index is -3.64. The molecule has 3 aromatic rings. The average Bonchev–Trinajstić information content (AvgIpc) is 3.19. The molecule has 0 saturated carbocycles. The maximum Gasteiger partial charge on any atom is 0.254 e. The van der Waals surface area contributed by atoms with Gasteiger partial charge < -0.3 is 9.32 Å². The number of amides is 1. The number of benzene rings is 2. The molecule has 30 heavy (non-hydrogen) atoms. The molecule has 1 unspecified atom stereocenters. The summed E-state index contributed by atoms with van der Waals surface area (Å²) in [6.45, 7) is 8.61. The van der Waals surface area contributed by atoms with E-state index in [1.807, 2.05) is 44.2 Å². The molecule has 3 rings (SSSR count). The van der Waals surface area contributed by atoms with Gasteiger partial charge in [-0.05, 0) is 44.2 Å². The fourth-order valence-electron chi connectivity index (χ4n) is 3.62. The van der Waals surface area contributed by atoms with Gasteiger partial charge in [0.15, 0.2) is 0 Å². The Labute approximate surface area is 178 Å². The molecule has 1 heterocycles. The number of nitrogens with zero attached hydrogens (tertiary/aromatic N) is 2. The van der Waals surface area contributed by atoms with E-state index in [4.69, 9.17) is 4.42 Å². The molecule has 0 spiro atoms. The van der Waals surface area contributed by atoms with Gasteiger partial charge in [-0.2, -0.15) is 4.31 Å². The Morgan fingerprint density at radius 1 is 0.967 bits per heavy atom. The summed E-state index contributed by atoms with van der Waals surface area (Å²) in [4.78, 5) is 15.1. The molecule has 1 amide bonds. The molecule has 7 heteroatoms. The fraction of sp³-hybridized carbons (Fsp3) is 0.348. The number of furan rings is 1. The first-order valence-corrected chi connectivity index (χ1v) is 11.7. The number of carbonyl (C=O) groups excluding carboxylic acids is 1. The van der Waals surface area contributed by atoms with Crippen LogP contribution in [0, 0.1) is 0 Å². The van der Waals surface area contributed by atoms with E-state index in [1.54, 1.807) is 30.9 Å². The molecule has 0 saturated heterocycles. The van der Waals surface area contributed by atoms with Crippen molar-refractivity contribution in [3.05, 3.63) is 65.9 Å². The van der Waals surface area contributed by atoms with E-state index in [0.717, 1.165) is 11.0 Å². The van der Waals surface area contributed by atoms with Crippen LogP contribution in [-0.2, 0) is 10.0 Å². The summed E-state index contributed by atoms with van der Waals surface area (Å²) < 4.78 is 33.0. The summed E-state index contributed by atoms with van der Waals surface area (Å²) in [6.07, 6.45) is 0. The van der Waals surface area contributed by atoms with Crippen molar-refractivity contribution in [2.24, 2.45) is 0 Å². The van der Waals surface area contributed by atoms with E-state index < -0.39 is 10.0 Å². The van der Waals surface area contributed by atoms with E-state index in [2.05, 4.69) is 0 Å². The third kappa shape index (κ3) is 4.13. The lowest BCUT2D eigenvalue weighted by Gasteiger charge is -2.27. The number of para-hydroxylation sites is 1. The van der Waals surface area contributed by atoms with Crippen LogP contribution >= 0.6 is 0 Å². The van der Waals surface area contributed by atoms with E-state index >= 15 is 0 Å². The first-order chi connectivity index (χ1) is 14.3. The highest BCUT2D eigenvalue weighted by Gasteiger charge is 2.26. The molecule has 1 atom stereocenters. The van der Waals surface area contributed by atoms with Crippen molar-refractivity contribution in [2.45, 2.75) is 38.6 Å². The zero-order valence-corrected chi connectivity index (χ0v) is 18.6. The van der Waals surface area contributed by atoms with Gasteiger partial charge in [0, 0.05) is 30.6 Å². The van der Waals surface area contributed by atoms with Gasteiger partial charge in [-0.25, -0.2) is 8.42 Å². The molecule has 0 N–H and O–H groups in total. The lowest BCUT2D eigenvalue weighted by molar-refractivity contribution is 0.0684. The summed E-state index contributed by atoms with van der Waals surface area (Å²) in [5.41, 5.74) is 1.11. The van der Waals surface area contributed by atoms with Crippen molar-refractivity contribution < 1.29 is 17.6 Å². The zero-order valence-electron chi connectivity index (χ0n) is 17.8. The molecule has 0 aliphatic rings. The summed E-state index contributed by atoms with van der Waals surface area (Å²) in [5, 5.41) is 0.982. The Morgan fingerprint density at radius 2 is 1.67 bits per heavy atom. The molecule has 0 bridgehead atoms. The number of hydrogen-bond donors (Lipinski definition) is 0. The van der Waals surface area contributed by atoms with Gasteiger partial charge in [-0.3, -0.25) is 4.79 Å². The fourth-order valence-corrected chi connectivity index (χ4v) is 5.13. The largest absolute Gasteiger partial charge is 0.459 e. The summed E-state index contributed by atoms with van der Waals surface area (Å²) in [6, 6.07) is 15.6. The normalized spacial score (nSPS) is 13.0. The SMILES string of the molecule is CCN(C(=O)c1cccc(S(=O)(=O)N(CC)CC)c1)C(C)c1cc2ccccc2o1. The van der Waals surface area contributed by atoms with Crippen molar-refractivity contribution in [1.82, 2.24) is 9.21 Å². The van der Waals surface area contributed by atoms with Crippen molar-refractivity contribution >= 4 is 26.9 Å². The highest BCUT2D eigenvalue weighted by molar-refractivity contribution is 7.89. The molecule has 160 valence electrons. The van der Waals surface area contributed by atoms with Crippen LogP contribution in [0.25, 0.3) is 11.0 Å². The Bertz CT molecular complexity index is 1100.